The van der Waals surface area contributed by atoms with E-state index in [-0.39, 0.29) is 32.2 Å². The molecule has 330 valence electrons. The van der Waals surface area contributed by atoms with Gasteiger partial charge in [-0.2, -0.15) is 0 Å². The van der Waals surface area contributed by atoms with E-state index in [0.29, 0.717) is 40.9 Å². The molecule has 1 aromatic heterocycles. The molecule has 0 bridgehead atoms. The van der Waals surface area contributed by atoms with Crippen molar-refractivity contribution in [3.63, 3.8) is 0 Å². The van der Waals surface area contributed by atoms with Crippen LogP contribution in [0, 0.1) is 5.92 Å². The summed E-state index contributed by atoms with van der Waals surface area (Å²) >= 11 is 0. The zero-order valence-corrected chi connectivity index (χ0v) is 35.6. The lowest BCUT2D eigenvalue weighted by molar-refractivity contribution is -0.148. The largest absolute Gasteiger partial charge is 0.497 e. The molecule has 2 saturated heterocycles. The highest BCUT2D eigenvalue weighted by Gasteiger charge is 2.62. The smallest absolute Gasteiger partial charge is 0.408 e. The molecule has 2 saturated carbocycles. The van der Waals surface area contributed by atoms with E-state index in [1.54, 1.807) is 45.0 Å². The average Bonchev–Trinajstić information content (AvgIpc) is 4.13. The van der Waals surface area contributed by atoms with E-state index in [4.69, 9.17) is 23.9 Å². The summed E-state index contributed by atoms with van der Waals surface area (Å²) in [5.74, 6) is -3.44. The summed E-state index contributed by atoms with van der Waals surface area (Å²) in [7, 11) is -2.45. The number of carbonyl (C=O) groups excluding carboxylic acids is 6. The van der Waals surface area contributed by atoms with E-state index in [0.717, 1.165) is 5.56 Å². The van der Waals surface area contributed by atoms with Crippen molar-refractivity contribution in [1.82, 2.24) is 30.6 Å². The molecule has 2 aliphatic heterocycles. The number of pyridine rings is 1. The van der Waals surface area contributed by atoms with Gasteiger partial charge in [-0.15, -0.1) is 6.58 Å². The minimum absolute atomic E-state index is 0.0362. The maximum atomic E-state index is 14.8. The number of rotatable bonds is 15. The number of methoxy groups -OCH3 is 1. The van der Waals surface area contributed by atoms with Crippen molar-refractivity contribution in [2.24, 2.45) is 5.92 Å². The fourth-order valence-corrected chi connectivity index (χ4v) is 8.97. The van der Waals surface area contributed by atoms with E-state index in [2.05, 4.69) is 27.3 Å². The summed E-state index contributed by atoms with van der Waals surface area (Å²) in [4.78, 5) is 86.9. The molecule has 3 heterocycles. The minimum atomic E-state index is -3.99. The van der Waals surface area contributed by atoms with Gasteiger partial charge in [0.1, 0.15) is 40.8 Å². The fraction of sp³-hybridized carbons (Fsp3) is 0.465. The Morgan fingerprint density at radius 1 is 1.05 bits per heavy atom. The quantitative estimate of drug-likeness (QED) is 0.127. The molecule has 5 amide bonds. The number of amides is 5. The van der Waals surface area contributed by atoms with E-state index in [1.165, 1.54) is 18.1 Å². The summed E-state index contributed by atoms with van der Waals surface area (Å²) < 4.78 is 50.4. The number of alkyl carbamates (subject to hydrolysis) is 1. The number of likely N-dealkylation sites (tertiary alicyclic amines) is 1. The first kappa shape index (κ1) is 43.8. The predicted octanol–water partition coefficient (Wildman–Crippen LogP) is 2.64. The number of benzene rings is 2. The molecule has 62 heavy (non-hydrogen) atoms. The van der Waals surface area contributed by atoms with Crippen LogP contribution in [0.15, 0.2) is 67.3 Å². The Bertz CT molecular complexity index is 2400. The number of cyclic esters (lactones) is 1. The highest BCUT2D eigenvalue weighted by molar-refractivity contribution is 7.91. The number of fused-ring (bicyclic) bond motifs is 1. The summed E-state index contributed by atoms with van der Waals surface area (Å²) in [5, 5.41) is 7.74. The van der Waals surface area contributed by atoms with Crippen LogP contribution in [0.2, 0.25) is 0 Å². The molecule has 2 aromatic carbocycles. The lowest BCUT2D eigenvalue weighted by atomic mass is 10.1. The average molecular weight is 875 g/mol. The molecule has 4 N–H and O–H groups in total. The molecule has 4 aliphatic rings. The molecule has 6 atom stereocenters. The fourth-order valence-electron chi connectivity index (χ4n) is 7.61. The Morgan fingerprint density at radius 2 is 1.79 bits per heavy atom. The number of esters is 1. The van der Waals surface area contributed by atoms with Gasteiger partial charge in [0.05, 0.1) is 30.1 Å². The number of nitrogens with zero attached hydrogens (tertiary/aromatic N) is 2. The maximum Gasteiger partial charge on any atom is 0.408 e. The highest BCUT2D eigenvalue weighted by atomic mass is 32.2. The predicted molar refractivity (Wildman–Crippen MR) is 223 cm³/mol. The molecule has 7 rings (SSSR count). The van der Waals surface area contributed by atoms with Crippen molar-refractivity contribution in [2.75, 3.05) is 20.2 Å². The van der Waals surface area contributed by atoms with Gasteiger partial charge in [-0.05, 0) is 52.2 Å². The van der Waals surface area contributed by atoms with Gasteiger partial charge in [-0.1, -0.05) is 36.4 Å². The Kier molecular flexibility index (Phi) is 12.2. The van der Waals surface area contributed by atoms with Crippen LogP contribution < -0.4 is 30.1 Å². The van der Waals surface area contributed by atoms with Crippen molar-refractivity contribution >= 4 is 56.6 Å². The van der Waals surface area contributed by atoms with Crippen LogP contribution in [0.5, 0.6) is 11.5 Å². The topological polar surface area (TPSA) is 238 Å². The molecule has 0 spiro atoms. The second kappa shape index (κ2) is 17.3. The van der Waals surface area contributed by atoms with E-state index < -0.39 is 98.9 Å². The van der Waals surface area contributed by atoms with Crippen LogP contribution in [0.4, 0.5) is 4.79 Å². The number of carbonyl (C=O) groups is 6. The van der Waals surface area contributed by atoms with Gasteiger partial charge in [-0.3, -0.25) is 28.7 Å². The molecule has 2 aliphatic carbocycles. The van der Waals surface area contributed by atoms with Gasteiger partial charge in [0.25, 0.3) is 11.8 Å². The van der Waals surface area contributed by atoms with Crippen molar-refractivity contribution in [3.05, 3.63) is 67.3 Å². The van der Waals surface area contributed by atoms with Crippen molar-refractivity contribution < 1.29 is 56.1 Å². The number of hydrogen-bond donors (Lipinski definition) is 4. The van der Waals surface area contributed by atoms with Crippen LogP contribution in [0.3, 0.4) is 0 Å². The second-order valence-electron chi connectivity index (χ2n) is 16.9. The minimum Gasteiger partial charge on any atom is -0.497 e. The molecular weight excluding hydrogens is 825 g/mol. The zero-order valence-electron chi connectivity index (χ0n) is 34.8. The first-order valence-corrected chi connectivity index (χ1v) is 21.9. The van der Waals surface area contributed by atoms with E-state index in [1.807, 2.05) is 30.3 Å². The summed E-state index contributed by atoms with van der Waals surface area (Å²) in [6, 6.07) is 13.6. The molecular formula is C43H50N6O12S. The standard InChI is InChI=1S/C43H50N6O12S/c1-6-25-21-43(25,40(54)48-62(56,57)28-13-14-28)47-37(51)33-19-27(59-35-20-30(24-10-8-7-9-11-24)45-31-18-26(58-5)12-15-29(31)35)23-49(33)39(53)32(46-41(55)61-42(2,3)4)22-44-38(52)34-16-17-36(50)60-34/h6-12,15,18,20,25,27-28,32-34H,1,13-14,16-17,19,21-23H2,2-5H3,(H,44,52)(H,46,55)(H,47,51)(H,48,54)/t25-,27?,32+,33+,34+,43-/m1/s1. The summed E-state index contributed by atoms with van der Waals surface area (Å²) in [6.07, 6.45) is -0.574. The molecule has 18 nitrogen and oxygen atoms in total. The van der Waals surface area contributed by atoms with Crippen molar-refractivity contribution in [3.8, 4) is 22.8 Å². The van der Waals surface area contributed by atoms with Gasteiger partial charge in [0.2, 0.25) is 21.8 Å². The first-order valence-electron chi connectivity index (χ1n) is 20.4. The zero-order chi connectivity index (χ0) is 44.6. The van der Waals surface area contributed by atoms with Crippen LogP contribution in [0.1, 0.15) is 59.3 Å². The summed E-state index contributed by atoms with van der Waals surface area (Å²) in [5.41, 5.74) is -0.728. The molecule has 1 unspecified atom stereocenters. The Balaban J connectivity index is 1.21. The molecule has 4 fully saturated rings. The Morgan fingerprint density at radius 3 is 2.42 bits per heavy atom. The lowest BCUT2D eigenvalue weighted by Gasteiger charge is -2.30. The SMILES string of the molecule is C=C[C@@H]1C[C@]1(NC(=O)[C@@H]1CC(Oc2cc(-c3ccccc3)nc3cc(OC)ccc23)CN1C(=O)[C@H](CNC(=O)[C@@H]1CCC(=O)O1)NC(=O)OC(C)(C)C)C(=O)NS(=O)(=O)C1CC1. The molecule has 0 radical (unpaired) electrons. The monoisotopic (exact) mass is 874 g/mol. The maximum absolute atomic E-state index is 14.8. The molecule has 3 aromatic rings. The third-order valence-electron chi connectivity index (χ3n) is 11.1. The van der Waals surface area contributed by atoms with Gasteiger partial charge < -0.3 is 39.8 Å². The lowest BCUT2D eigenvalue weighted by Crippen LogP contribution is -2.60. The number of ether oxygens (including phenoxy) is 4. The summed E-state index contributed by atoms with van der Waals surface area (Å²) in [6.45, 7) is 7.95. The van der Waals surface area contributed by atoms with Gasteiger partial charge >= 0.3 is 12.1 Å². The van der Waals surface area contributed by atoms with Crippen LogP contribution in [0.25, 0.3) is 22.2 Å². The van der Waals surface area contributed by atoms with E-state index in [9.17, 15) is 37.2 Å². The van der Waals surface area contributed by atoms with Crippen molar-refractivity contribution in [1.29, 1.82) is 0 Å². The van der Waals surface area contributed by atoms with Crippen molar-refractivity contribution in [2.45, 2.75) is 100.0 Å². The number of hydrogen-bond acceptors (Lipinski definition) is 13. The number of nitrogens with one attached hydrogen (secondary N) is 4. The van der Waals surface area contributed by atoms with Crippen LogP contribution in [-0.4, -0.2) is 115 Å². The third-order valence-corrected chi connectivity index (χ3v) is 12.9. The third kappa shape index (κ3) is 9.77. The van der Waals surface area contributed by atoms with E-state index >= 15 is 0 Å². The van der Waals surface area contributed by atoms with Crippen LogP contribution >= 0.6 is 0 Å². The molecule has 19 heteroatoms. The number of aromatic nitrogens is 1. The first-order chi connectivity index (χ1) is 29.4. The Hall–Kier alpha value is -6.24. The van der Waals surface area contributed by atoms with Gasteiger partial charge in [-0.25, -0.2) is 18.2 Å². The number of sulfonamides is 1. The highest BCUT2D eigenvalue weighted by Crippen LogP contribution is 2.45. The van der Waals surface area contributed by atoms with Crippen LogP contribution in [-0.2, 0) is 43.5 Å². The Labute approximate surface area is 358 Å². The van der Waals surface area contributed by atoms with Gasteiger partial charge in [0, 0.05) is 54.8 Å². The second-order valence-corrected chi connectivity index (χ2v) is 18.8. The normalized spacial score (nSPS) is 23.7. The van der Waals surface area contributed by atoms with Gasteiger partial charge in [0.15, 0.2) is 6.10 Å².